The maximum atomic E-state index is 12.4. The Labute approximate surface area is 137 Å². The van der Waals surface area contributed by atoms with Gasteiger partial charge >= 0.3 is 0 Å². The first-order chi connectivity index (χ1) is 10.7. The van der Waals surface area contributed by atoms with Crippen molar-refractivity contribution in [3.63, 3.8) is 0 Å². The van der Waals surface area contributed by atoms with Crippen molar-refractivity contribution in [2.24, 2.45) is 5.73 Å². The highest BCUT2D eigenvalue weighted by Crippen LogP contribution is 2.29. The molecular formula is C15H25N3O4S. The number of nitrogens with two attached hydrogens (primary N) is 1. The number of nitrogens with one attached hydrogen (secondary N) is 1. The molecule has 8 heteroatoms. The van der Waals surface area contributed by atoms with Gasteiger partial charge in [0.05, 0.1) is 12.6 Å². The van der Waals surface area contributed by atoms with Gasteiger partial charge in [-0.05, 0) is 31.5 Å². The zero-order valence-corrected chi connectivity index (χ0v) is 14.8. The standard InChI is InChI=1S/C15H25N3O4S/c1-5-7-12(16)15(19)17-11-8-9-13(22-6-2)14(10-11)23(20,21)18(3)4/h8-10,12H,5-7,16H2,1-4H3,(H,17,19). The summed E-state index contributed by atoms with van der Waals surface area (Å²) >= 11 is 0. The number of anilines is 1. The van der Waals surface area contributed by atoms with Crippen molar-refractivity contribution in [1.82, 2.24) is 4.31 Å². The van der Waals surface area contributed by atoms with Gasteiger partial charge in [0.15, 0.2) is 0 Å². The van der Waals surface area contributed by atoms with Crippen LogP contribution in [-0.2, 0) is 14.8 Å². The lowest BCUT2D eigenvalue weighted by Gasteiger charge is -2.17. The van der Waals surface area contributed by atoms with E-state index in [9.17, 15) is 13.2 Å². The highest BCUT2D eigenvalue weighted by molar-refractivity contribution is 7.89. The van der Waals surface area contributed by atoms with Gasteiger partial charge in [-0.1, -0.05) is 13.3 Å². The summed E-state index contributed by atoms with van der Waals surface area (Å²) in [6, 6.07) is 3.88. The first-order valence-electron chi connectivity index (χ1n) is 7.49. The Morgan fingerprint density at radius 3 is 2.52 bits per heavy atom. The van der Waals surface area contributed by atoms with E-state index in [2.05, 4.69) is 5.32 Å². The summed E-state index contributed by atoms with van der Waals surface area (Å²) in [4.78, 5) is 12.0. The Bertz CT molecular complexity index is 644. The second-order valence-corrected chi connectivity index (χ2v) is 7.39. The minimum Gasteiger partial charge on any atom is -0.492 e. The first-order valence-corrected chi connectivity index (χ1v) is 8.93. The van der Waals surface area contributed by atoms with Crippen molar-refractivity contribution >= 4 is 21.6 Å². The van der Waals surface area contributed by atoms with E-state index in [0.717, 1.165) is 10.7 Å². The van der Waals surface area contributed by atoms with Gasteiger partial charge in [-0.15, -0.1) is 0 Å². The highest BCUT2D eigenvalue weighted by atomic mass is 32.2. The molecule has 0 saturated carbocycles. The van der Waals surface area contributed by atoms with Crippen molar-refractivity contribution in [3.8, 4) is 5.75 Å². The van der Waals surface area contributed by atoms with E-state index in [-0.39, 0.29) is 16.6 Å². The fourth-order valence-corrected chi connectivity index (χ4v) is 2.99. The minimum atomic E-state index is -3.69. The van der Waals surface area contributed by atoms with Crippen molar-refractivity contribution in [1.29, 1.82) is 0 Å². The molecule has 1 aromatic carbocycles. The summed E-state index contributed by atoms with van der Waals surface area (Å²) in [5.41, 5.74) is 6.13. The topological polar surface area (TPSA) is 102 Å². The third kappa shape index (κ3) is 4.92. The zero-order chi connectivity index (χ0) is 17.6. The van der Waals surface area contributed by atoms with Crippen molar-refractivity contribution in [2.75, 3.05) is 26.0 Å². The first kappa shape index (κ1) is 19.4. The number of carbonyl (C=O) groups excluding carboxylic acids is 1. The average molecular weight is 343 g/mol. The molecule has 0 spiro atoms. The molecule has 0 heterocycles. The van der Waals surface area contributed by atoms with Crippen molar-refractivity contribution in [2.45, 2.75) is 37.6 Å². The quantitative estimate of drug-likeness (QED) is 0.743. The fourth-order valence-electron chi connectivity index (χ4n) is 1.94. The van der Waals surface area contributed by atoms with E-state index in [1.807, 2.05) is 6.92 Å². The molecule has 130 valence electrons. The molecule has 3 N–H and O–H groups in total. The van der Waals surface area contributed by atoms with Crippen LogP contribution in [0.25, 0.3) is 0 Å². The van der Waals surface area contributed by atoms with E-state index in [1.165, 1.54) is 26.2 Å². The number of carbonyl (C=O) groups is 1. The van der Waals surface area contributed by atoms with Crippen LogP contribution in [-0.4, -0.2) is 45.4 Å². The normalized spacial score (nSPS) is 13.0. The maximum Gasteiger partial charge on any atom is 0.246 e. The minimum absolute atomic E-state index is 0.00575. The Balaban J connectivity index is 3.17. The molecule has 7 nitrogen and oxygen atoms in total. The van der Waals surface area contributed by atoms with Gasteiger partial charge < -0.3 is 15.8 Å². The molecule has 0 bridgehead atoms. The van der Waals surface area contributed by atoms with Crippen LogP contribution in [0.3, 0.4) is 0 Å². The molecule has 0 aliphatic heterocycles. The van der Waals surface area contributed by atoms with E-state index >= 15 is 0 Å². The number of amides is 1. The number of hydrogen-bond donors (Lipinski definition) is 2. The number of hydrogen-bond acceptors (Lipinski definition) is 5. The maximum absolute atomic E-state index is 12.4. The largest absolute Gasteiger partial charge is 0.492 e. The van der Waals surface area contributed by atoms with Crippen LogP contribution in [0, 0.1) is 0 Å². The third-order valence-electron chi connectivity index (χ3n) is 3.21. The van der Waals surface area contributed by atoms with Crippen LogP contribution in [0.15, 0.2) is 23.1 Å². The molecule has 1 atom stereocenters. The Morgan fingerprint density at radius 1 is 1.35 bits per heavy atom. The molecular weight excluding hydrogens is 318 g/mol. The van der Waals surface area contributed by atoms with Crippen LogP contribution in [0.2, 0.25) is 0 Å². The van der Waals surface area contributed by atoms with Crippen LogP contribution >= 0.6 is 0 Å². The third-order valence-corrected chi connectivity index (χ3v) is 5.04. The second kappa shape index (κ2) is 8.28. The van der Waals surface area contributed by atoms with Gasteiger partial charge in [-0.3, -0.25) is 4.79 Å². The Hall–Kier alpha value is -1.64. The molecule has 1 unspecified atom stereocenters. The van der Waals surface area contributed by atoms with Gasteiger partial charge in [0.25, 0.3) is 0 Å². The van der Waals surface area contributed by atoms with Gasteiger partial charge in [-0.25, -0.2) is 12.7 Å². The van der Waals surface area contributed by atoms with Crippen LogP contribution in [0.1, 0.15) is 26.7 Å². The Morgan fingerprint density at radius 2 is 2.00 bits per heavy atom. The van der Waals surface area contributed by atoms with Crippen LogP contribution in [0.5, 0.6) is 5.75 Å². The summed E-state index contributed by atoms with van der Waals surface area (Å²) in [5, 5.41) is 2.64. The summed E-state index contributed by atoms with van der Waals surface area (Å²) in [6.45, 7) is 4.04. The van der Waals surface area contributed by atoms with E-state index in [4.69, 9.17) is 10.5 Å². The molecule has 23 heavy (non-hydrogen) atoms. The molecule has 0 fully saturated rings. The fraction of sp³-hybridized carbons (Fsp3) is 0.533. The highest BCUT2D eigenvalue weighted by Gasteiger charge is 2.23. The lowest BCUT2D eigenvalue weighted by molar-refractivity contribution is -0.117. The van der Waals surface area contributed by atoms with Crippen molar-refractivity contribution in [3.05, 3.63) is 18.2 Å². The number of rotatable bonds is 8. The zero-order valence-electron chi connectivity index (χ0n) is 14.0. The number of nitrogens with zero attached hydrogens (tertiary/aromatic N) is 1. The van der Waals surface area contributed by atoms with Gasteiger partial charge in [0.1, 0.15) is 10.6 Å². The second-order valence-electron chi connectivity index (χ2n) is 5.27. The molecule has 0 radical (unpaired) electrons. The summed E-state index contributed by atoms with van der Waals surface area (Å²) in [6.07, 6.45) is 1.35. The number of ether oxygens (including phenoxy) is 1. The van der Waals surface area contributed by atoms with E-state index in [0.29, 0.717) is 18.7 Å². The number of benzene rings is 1. The smallest absolute Gasteiger partial charge is 0.246 e. The monoisotopic (exact) mass is 343 g/mol. The lowest BCUT2D eigenvalue weighted by atomic mass is 10.1. The van der Waals surface area contributed by atoms with Crippen LogP contribution in [0.4, 0.5) is 5.69 Å². The summed E-state index contributed by atoms with van der Waals surface area (Å²) in [7, 11) is -0.817. The molecule has 1 amide bonds. The van der Waals surface area contributed by atoms with E-state index in [1.54, 1.807) is 13.0 Å². The SMILES string of the molecule is CCCC(N)C(=O)Nc1ccc(OCC)c(S(=O)(=O)N(C)C)c1. The van der Waals surface area contributed by atoms with E-state index < -0.39 is 16.1 Å². The average Bonchev–Trinajstić information content (AvgIpc) is 2.48. The molecule has 0 aliphatic rings. The molecule has 1 rings (SSSR count). The van der Waals surface area contributed by atoms with Crippen molar-refractivity contribution < 1.29 is 17.9 Å². The van der Waals surface area contributed by atoms with Crippen LogP contribution < -0.4 is 15.8 Å². The molecule has 0 aliphatic carbocycles. The predicted octanol–water partition coefficient (Wildman–Crippen LogP) is 1.40. The molecule has 0 saturated heterocycles. The Kier molecular flexibility index (Phi) is 6.99. The molecule has 1 aromatic rings. The number of sulfonamides is 1. The lowest BCUT2D eigenvalue weighted by Crippen LogP contribution is -2.35. The summed E-state index contributed by atoms with van der Waals surface area (Å²) < 4.78 is 31.3. The van der Waals surface area contributed by atoms with Gasteiger partial charge in [0.2, 0.25) is 15.9 Å². The predicted molar refractivity (Wildman–Crippen MR) is 90.0 cm³/mol. The molecule has 0 aromatic heterocycles. The summed E-state index contributed by atoms with van der Waals surface area (Å²) in [5.74, 6) is -0.0960. The van der Waals surface area contributed by atoms with Gasteiger partial charge in [0, 0.05) is 19.8 Å². The van der Waals surface area contributed by atoms with Gasteiger partial charge in [-0.2, -0.15) is 0 Å².